The molecule has 0 bridgehead atoms. The van der Waals surface area contributed by atoms with Crippen molar-refractivity contribution < 1.29 is 9.59 Å². The van der Waals surface area contributed by atoms with Crippen molar-refractivity contribution in [2.24, 2.45) is 17.6 Å². The first kappa shape index (κ1) is 19.5. The third kappa shape index (κ3) is 4.63. The van der Waals surface area contributed by atoms with Crippen LogP contribution in [0.25, 0.3) is 0 Å². The summed E-state index contributed by atoms with van der Waals surface area (Å²) in [7, 11) is 0. The van der Waals surface area contributed by atoms with Gasteiger partial charge in [-0.1, -0.05) is 25.7 Å². The van der Waals surface area contributed by atoms with Gasteiger partial charge in [0.25, 0.3) is 0 Å². The van der Waals surface area contributed by atoms with Crippen molar-refractivity contribution in [3.05, 3.63) is 0 Å². The molecule has 0 aromatic heterocycles. The van der Waals surface area contributed by atoms with E-state index in [4.69, 9.17) is 5.73 Å². The summed E-state index contributed by atoms with van der Waals surface area (Å²) in [6, 6.07) is 0.187. The average molecular weight is 358 g/mol. The maximum atomic E-state index is 12.6. The van der Waals surface area contributed by atoms with Crippen molar-refractivity contribution in [3.63, 3.8) is 0 Å². The predicted molar refractivity (Wildman–Crippen MR) is 96.9 cm³/mol. The highest BCUT2D eigenvalue weighted by Crippen LogP contribution is 2.27. The molecule has 1 heterocycles. The Kier molecular flexibility index (Phi) is 7.35. The average Bonchev–Trinajstić information content (AvgIpc) is 2.61. The lowest BCUT2D eigenvalue weighted by atomic mass is 9.85. The first-order valence-corrected chi connectivity index (χ1v) is 9.48. The van der Waals surface area contributed by atoms with E-state index in [1.54, 1.807) is 0 Å². The zero-order chi connectivity index (χ0) is 16.2. The summed E-state index contributed by atoms with van der Waals surface area (Å²) < 4.78 is 0. The zero-order valence-electron chi connectivity index (χ0n) is 14.6. The van der Waals surface area contributed by atoms with Gasteiger partial charge in [0.2, 0.25) is 11.8 Å². The van der Waals surface area contributed by atoms with Crippen LogP contribution >= 0.6 is 12.4 Å². The lowest BCUT2D eigenvalue weighted by molar-refractivity contribution is -0.145. The van der Waals surface area contributed by atoms with Crippen molar-refractivity contribution in [2.75, 3.05) is 26.2 Å². The summed E-state index contributed by atoms with van der Waals surface area (Å²) in [6.07, 6.45) is 9.69. The number of carbonyl (C=O) groups is 2. The number of rotatable bonds is 2. The molecule has 138 valence electrons. The van der Waals surface area contributed by atoms with Gasteiger partial charge in [-0.25, -0.2) is 0 Å². The number of piperazine rings is 1. The van der Waals surface area contributed by atoms with Crippen LogP contribution in [0.5, 0.6) is 0 Å². The third-order valence-electron chi connectivity index (χ3n) is 5.92. The van der Waals surface area contributed by atoms with Gasteiger partial charge in [-0.3, -0.25) is 9.59 Å². The van der Waals surface area contributed by atoms with E-state index in [0.29, 0.717) is 32.1 Å². The molecule has 0 aromatic carbocycles. The van der Waals surface area contributed by atoms with Crippen LogP contribution < -0.4 is 5.73 Å². The molecule has 2 amide bonds. The van der Waals surface area contributed by atoms with Gasteiger partial charge in [-0.2, -0.15) is 0 Å². The van der Waals surface area contributed by atoms with Crippen molar-refractivity contribution in [2.45, 2.75) is 63.8 Å². The summed E-state index contributed by atoms with van der Waals surface area (Å²) >= 11 is 0. The second-order valence-corrected chi connectivity index (χ2v) is 7.61. The first-order valence-electron chi connectivity index (χ1n) is 9.48. The molecule has 0 aromatic rings. The normalized spacial score (nSPS) is 29.0. The Morgan fingerprint density at radius 2 is 1.21 bits per heavy atom. The predicted octanol–water partition coefficient (Wildman–Crippen LogP) is 2.18. The van der Waals surface area contributed by atoms with Crippen LogP contribution in [0.15, 0.2) is 0 Å². The minimum atomic E-state index is 0. The summed E-state index contributed by atoms with van der Waals surface area (Å²) in [5, 5.41) is 0. The summed E-state index contributed by atoms with van der Waals surface area (Å²) in [5.41, 5.74) is 6.01. The van der Waals surface area contributed by atoms with E-state index >= 15 is 0 Å². The monoisotopic (exact) mass is 357 g/mol. The number of hydrogen-bond donors (Lipinski definition) is 1. The summed E-state index contributed by atoms with van der Waals surface area (Å²) in [5.74, 6) is 0.947. The maximum absolute atomic E-state index is 12.6. The molecule has 1 saturated heterocycles. The molecule has 24 heavy (non-hydrogen) atoms. The van der Waals surface area contributed by atoms with E-state index in [-0.39, 0.29) is 36.2 Å². The van der Waals surface area contributed by atoms with Crippen LogP contribution in [-0.4, -0.2) is 53.8 Å². The Morgan fingerprint density at radius 3 is 1.75 bits per heavy atom. The fourth-order valence-electron chi connectivity index (χ4n) is 4.47. The quantitative estimate of drug-likeness (QED) is 0.823. The molecule has 1 aliphatic heterocycles. The highest BCUT2D eigenvalue weighted by molar-refractivity contribution is 5.85. The number of carbonyl (C=O) groups excluding carboxylic acids is 2. The maximum Gasteiger partial charge on any atom is 0.225 e. The second-order valence-electron chi connectivity index (χ2n) is 7.61. The van der Waals surface area contributed by atoms with Gasteiger partial charge < -0.3 is 15.5 Å². The van der Waals surface area contributed by atoms with Gasteiger partial charge in [0, 0.05) is 44.1 Å². The summed E-state index contributed by atoms with van der Waals surface area (Å²) in [4.78, 5) is 29.2. The topological polar surface area (TPSA) is 66.6 Å². The molecule has 0 spiro atoms. The molecule has 0 radical (unpaired) electrons. The molecule has 5 nitrogen and oxygen atoms in total. The third-order valence-corrected chi connectivity index (χ3v) is 5.92. The van der Waals surface area contributed by atoms with E-state index in [0.717, 1.165) is 38.5 Å². The van der Waals surface area contributed by atoms with E-state index < -0.39 is 0 Å². The Hall–Kier alpha value is -0.810. The SMILES string of the molecule is Cl.NC1CCCC(C(=O)N2CCN(C(=O)C3CCCCC3)CC2)C1. The lowest BCUT2D eigenvalue weighted by Crippen LogP contribution is -2.53. The molecule has 2 aliphatic carbocycles. The molecular weight excluding hydrogens is 326 g/mol. The van der Waals surface area contributed by atoms with Crippen molar-refractivity contribution in [1.82, 2.24) is 9.80 Å². The van der Waals surface area contributed by atoms with Gasteiger partial charge in [-0.05, 0) is 32.1 Å². The number of amides is 2. The molecule has 3 aliphatic rings. The van der Waals surface area contributed by atoms with Crippen molar-refractivity contribution in [3.8, 4) is 0 Å². The van der Waals surface area contributed by atoms with Gasteiger partial charge >= 0.3 is 0 Å². The van der Waals surface area contributed by atoms with E-state index in [1.807, 2.05) is 9.80 Å². The van der Waals surface area contributed by atoms with Gasteiger partial charge in [-0.15, -0.1) is 12.4 Å². The molecule has 3 rings (SSSR count). The highest BCUT2D eigenvalue weighted by Gasteiger charge is 2.33. The van der Waals surface area contributed by atoms with Crippen LogP contribution in [0.2, 0.25) is 0 Å². The number of hydrogen-bond acceptors (Lipinski definition) is 3. The number of halogens is 1. The largest absolute Gasteiger partial charge is 0.339 e. The molecule has 2 atom stereocenters. The smallest absolute Gasteiger partial charge is 0.225 e. The van der Waals surface area contributed by atoms with Crippen molar-refractivity contribution >= 4 is 24.2 Å². The first-order chi connectivity index (χ1) is 11.1. The zero-order valence-corrected chi connectivity index (χ0v) is 15.4. The van der Waals surface area contributed by atoms with E-state index in [9.17, 15) is 9.59 Å². The number of nitrogens with zero attached hydrogens (tertiary/aromatic N) is 2. The van der Waals surface area contributed by atoms with Crippen LogP contribution in [0.4, 0.5) is 0 Å². The van der Waals surface area contributed by atoms with Crippen LogP contribution in [0.3, 0.4) is 0 Å². The lowest BCUT2D eigenvalue weighted by Gasteiger charge is -2.39. The Morgan fingerprint density at radius 1 is 0.708 bits per heavy atom. The van der Waals surface area contributed by atoms with Gasteiger partial charge in [0.15, 0.2) is 0 Å². The van der Waals surface area contributed by atoms with Crippen LogP contribution in [-0.2, 0) is 9.59 Å². The standard InChI is InChI=1S/C18H31N3O2.ClH/c19-16-8-4-7-15(13-16)18(23)21-11-9-20(10-12-21)17(22)14-5-2-1-3-6-14;/h14-16H,1-13,19H2;1H. The summed E-state index contributed by atoms with van der Waals surface area (Å²) in [6.45, 7) is 2.81. The van der Waals surface area contributed by atoms with Gasteiger partial charge in [0.1, 0.15) is 0 Å². The molecule has 6 heteroatoms. The minimum Gasteiger partial charge on any atom is -0.339 e. The molecule has 2 N–H and O–H groups in total. The van der Waals surface area contributed by atoms with Gasteiger partial charge in [0.05, 0.1) is 0 Å². The van der Waals surface area contributed by atoms with E-state index in [1.165, 1.54) is 19.3 Å². The molecular formula is C18H32ClN3O2. The Labute approximate surface area is 151 Å². The van der Waals surface area contributed by atoms with Crippen molar-refractivity contribution in [1.29, 1.82) is 0 Å². The number of nitrogens with two attached hydrogens (primary N) is 1. The van der Waals surface area contributed by atoms with Crippen LogP contribution in [0.1, 0.15) is 57.8 Å². The Balaban J connectivity index is 0.00000208. The van der Waals surface area contributed by atoms with Crippen LogP contribution in [0, 0.1) is 11.8 Å². The highest BCUT2D eigenvalue weighted by atomic mass is 35.5. The molecule has 2 unspecified atom stereocenters. The second kappa shape index (κ2) is 9.04. The Bertz CT molecular complexity index is 432. The molecule has 3 fully saturated rings. The fourth-order valence-corrected chi connectivity index (χ4v) is 4.47. The van der Waals surface area contributed by atoms with E-state index in [2.05, 4.69) is 0 Å². The minimum absolute atomic E-state index is 0. The fraction of sp³-hybridized carbons (Fsp3) is 0.889. The molecule has 2 saturated carbocycles.